The number of ether oxygens (including phenoxy) is 2. The lowest BCUT2D eigenvalue weighted by Gasteiger charge is -2.34. The molecule has 0 amide bonds. The molecule has 0 aliphatic carbocycles. The van der Waals surface area contributed by atoms with Gasteiger partial charge in [0.25, 0.3) is 0 Å². The van der Waals surface area contributed by atoms with E-state index in [0.717, 1.165) is 5.56 Å². The highest BCUT2D eigenvalue weighted by atomic mass is 16.5. The summed E-state index contributed by atoms with van der Waals surface area (Å²) in [5, 5.41) is 9.35. The molecule has 0 aliphatic heterocycles. The third kappa shape index (κ3) is 3.22. The second kappa shape index (κ2) is 6.61. The monoisotopic (exact) mass is 281 g/mol. The molecule has 20 heavy (non-hydrogen) atoms. The molecule has 0 unspecified atom stereocenters. The van der Waals surface area contributed by atoms with Crippen LogP contribution < -0.4 is 9.47 Å². The Kier molecular flexibility index (Phi) is 5.39. The average molecular weight is 281 g/mol. The van der Waals surface area contributed by atoms with Crippen molar-refractivity contribution in [3.8, 4) is 11.5 Å². The maximum atomic E-state index is 11.4. The Balaban J connectivity index is 3.11. The lowest BCUT2D eigenvalue weighted by atomic mass is 10.0. The first-order valence-corrected chi connectivity index (χ1v) is 6.56. The first kappa shape index (κ1) is 16.3. The summed E-state index contributed by atoms with van der Waals surface area (Å²) >= 11 is 0. The van der Waals surface area contributed by atoms with Crippen LogP contribution in [-0.2, 0) is 11.3 Å². The number of likely N-dealkylation sites (N-methyl/N-ethyl adjacent to an activating group) is 1. The average Bonchev–Trinajstić information content (AvgIpc) is 2.43. The van der Waals surface area contributed by atoms with Crippen molar-refractivity contribution in [1.82, 2.24) is 4.90 Å². The van der Waals surface area contributed by atoms with Crippen LogP contribution in [0.4, 0.5) is 0 Å². The van der Waals surface area contributed by atoms with Crippen molar-refractivity contribution in [3.05, 3.63) is 23.8 Å². The SMILES string of the molecule is CCN(Cc1cccc(OC)c1OC)C(C)(C)C(=O)O. The second-order valence-electron chi connectivity index (χ2n) is 5.03. The number of nitrogens with zero attached hydrogens (tertiary/aromatic N) is 1. The molecule has 0 saturated heterocycles. The Morgan fingerprint density at radius 1 is 1.30 bits per heavy atom. The van der Waals surface area contributed by atoms with Gasteiger partial charge in [-0.3, -0.25) is 9.69 Å². The quantitative estimate of drug-likeness (QED) is 0.831. The Hall–Kier alpha value is -1.75. The Bertz CT molecular complexity index is 471. The van der Waals surface area contributed by atoms with Gasteiger partial charge < -0.3 is 14.6 Å². The number of rotatable bonds is 7. The van der Waals surface area contributed by atoms with Gasteiger partial charge in [-0.2, -0.15) is 0 Å². The molecule has 0 bridgehead atoms. The van der Waals surface area contributed by atoms with Crippen LogP contribution in [0.2, 0.25) is 0 Å². The maximum absolute atomic E-state index is 11.4. The van der Waals surface area contributed by atoms with Crippen LogP contribution in [-0.4, -0.2) is 42.3 Å². The summed E-state index contributed by atoms with van der Waals surface area (Å²) in [6.07, 6.45) is 0. The van der Waals surface area contributed by atoms with Gasteiger partial charge in [0.2, 0.25) is 0 Å². The van der Waals surface area contributed by atoms with E-state index in [-0.39, 0.29) is 0 Å². The summed E-state index contributed by atoms with van der Waals surface area (Å²) < 4.78 is 10.7. The summed E-state index contributed by atoms with van der Waals surface area (Å²) in [5.41, 5.74) is -0.0361. The number of carbonyl (C=O) groups is 1. The molecule has 1 aromatic rings. The molecule has 1 rings (SSSR count). The fraction of sp³-hybridized carbons (Fsp3) is 0.533. The molecular weight excluding hydrogens is 258 g/mol. The van der Waals surface area contributed by atoms with E-state index >= 15 is 0 Å². The lowest BCUT2D eigenvalue weighted by Crippen LogP contribution is -2.49. The van der Waals surface area contributed by atoms with Crippen LogP contribution in [0, 0.1) is 0 Å². The lowest BCUT2D eigenvalue weighted by molar-refractivity contribution is -0.149. The molecule has 0 heterocycles. The molecule has 1 aromatic carbocycles. The van der Waals surface area contributed by atoms with Gasteiger partial charge in [0.1, 0.15) is 5.54 Å². The van der Waals surface area contributed by atoms with Crippen molar-refractivity contribution in [1.29, 1.82) is 0 Å². The highest BCUT2D eigenvalue weighted by Crippen LogP contribution is 2.32. The number of hydrogen-bond acceptors (Lipinski definition) is 4. The summed E-state index contributed by atoms with van der Waals surface area (Å²) in [4.78, 5) is 13.3. The molecule has 5 nitrogen and oxygen atoms in total. The van der Waals surface area contributed by atoms with Crippen LogP contribution in [0.15, 0.2) is 18.2 Å². The molecule has 0 aliphatic rings. The third-order valence-corrected chi connectivity index (χ3v) is 3.54. The number of carboxylic acids is 1. The van der Waals surface area contributed by atoms with Crippen molar-refractivity contribution >= 4 is 5.97 Å². The molecule has 0 radical (unpaired) electrons. The van der Waals surface area contributed by atoms with Crippen molar-refractivity contribution in [2.24, 2.45) is 0 Å². The number of carboxylic acid groups (broad SMARTS) is 1. The number of para-hydroxylation sites is 1. The first-order chi connectivity index (χ1) is 9.38. The minimum absolute atomic E-state index is 0.482. The summed E-state index contributed by atoms with van der Waals surface area (Å²) in [5.74, 6) is 0.449. The van der Waals surface area contributed by atoms with E-state index in [4.69, 9.17) is 9.47 Å². The molecule has 1 N–H and O–H groups in total. The Labute approximate surface area is 120 Å². The zero-order valence-corrected chi connectivity index (χ0v) is 12.8. The number of hydrogen-bond donors (Lipinski definition) is 1. The van der Waals surface area contributed by atoms with Gasteiger partial charge in [0.05, 0.1) is 14.2 Å². The van der Waals surface area contributed by atoms with E-state index in [9.17, 15) is 9.90 Å². The van der Waals surface area contributed by atoms with Crippen LogP contribution in [0.3, 0.4) is 0 Å². The molecule has 5 heteroatoms. The van der Waals surface area contributed by atoms with Crippen molar-refractivity contribution in [2.45, 2.75) is 32.9 Å². The summed E-state index contributed by atoms with van der Waals surface area (Å²) in [7, 11) is 3.17. The fourth-order valence-corrected chi connectivity index (χ4v) is 2.12. The largest absolute Gasteiger partial charge is 0.493 e. The van der Waals surface area contributed by atoms with Gasteiger partial charge in [-0.05, 0) is 26.5 Å². The molecule has 0 saturated carbocycles. The van der Waals surface area contributed by atoms with E-state index in [0.29, 0.717) is 24.6 Å². The van der Waals surface area contributed by atoms with Crippen molar-refractivity contribution < 1.29 is 19.4 Å². The zero-order chi connectivity index (χ0) is 15.3. The predicted molar refractivity (Wildman–Crippen MR) is 77.3 cm³/mol. The first-order valence-electron chi connectivity index (χ1n) is 6.56. The molecule has 112 valence electrons. The normalized spacial score (nSPS) is 11.5. The minimum atomic E-state index is -0.942. The topological polar surface area (TPSA) is 59.0 Å². The molecule has 0 fully saturated rings. The van der Waals surface area contributed by atoms with Crippen molar-refractivity contribution in [2.75, 3.05) is 20.8 Å². The van der Waals surface area contributed by atoms with Gasteiger partial charge in [0.15, 0.2) is 11.5 Å². The number of methoxy groups -OCH3 is 2. The van der Waals surface area contributed by atoms with Crippen LogP contribution in [0.5, 0.6) is 11.5 Å². The van der Waals surface area contributed by atoms with E-state index in [1.807, 2.05) is 30.0 Å². The standard InChI is InChI=1S/C15H23NO4/c1-6-16(15(2,3)14(17)18)10-11-8-7-9-12(19-4)13(11)20-5/h7-9H,6,10H2,1-5H3,(H,17,18). The van der Waals surface area contributed by atoms with Gasteiger partial charge >= 0.3 is 5.97 Å². The Morgan fingerprint density at radius 2 is 1.95 bits per heavy atom. The molecular formula is C15H23NO4. The van der Waals surface area contributed by atoms with E-state index < -0.39 is 11.5 Å². The molecule has 0 atom stereocenters. The smallest absolute Gasteiger partial charge is 0.323 e. The van der Waals surface area contributed by atoms with E-state index in [2.05, 4.69) is 0 Å². The van der Waals surface area contributed by atoms with Crippen LogP contribution in [0.1, 0.15) is 26.3 Å². The number of aliphatic carboxylic acids is 1. The van der Waals surface area contributed by atoms with Crippen molar-refractivity contribution in [3.63, 3.8) is 0 Å². The Morgan fingerprint density at radius 3 is 2.40 bits per heavy atom. The minimum Gasteiger partial charge on any atom is -0.493 e. The van der Waals surface area contributed by atoms with E-state index in [1.165, 1.54) is 0 Å². The third-order valence-electron chi connectivity index (χ3n) is 3.54. The van der Waals surface area contributed by atoms with Crippen LogP contribution >= 0.6 is 0 Å². The predicted octanol–water partition coefficient (Wildman–Crippen LogP) is 2.39. The highest BCUT2D eigenvalue weighted by molar-refractivity contribution is 5.77. The van der Waals surface area contributed by atoms with Gasteiger partial charge in [-0.15, -0.1) is 0 Å². The highest BCUT2D eigenvalue weighted by Gasteiger charge is 2.34. The second-order valence-corrected chi connectivity index (χ2v) is 5.03. The fourth-order valence-electron chi connectivity index (χ4n) is 2.12. The van der Waals surface area contributed by atoms with Gasteiger partial charge in [-0.1, -0.05) is 19.1 Å². The molecule has 0 spiro atoms. The van der Waals surface area contributed by atoms with E-state index in [1.54, 1.807) is 28.1 Å². The summed E-state index contributed by atoms with van der Waals surface area (Å²) in [6, 6.07) is 5.61. The maximum Gasteiger partial charge on any atom is 0.323 e. The summed E-state index contributed by atoms with van der Waals surface area (Å²) in [6.45, 7) is 6.45. The van der Waals surface area contributed by atoms with Crippen LogP contribution in [0.25, 0.3) is 0 Å². The van der Waals surface area contributed by atoms with Gasteiger partial charge in [0, 0.05) is 12.1 Å². The zero-order valence-electron chi connectivity index (χ0n) is 12.8. The molecule has 0 aromatic heterocycles. The number of benzene rings is 1. The van der Waals surface area contributed by atoms with Gasteiger partial charge in [-0.25, -0.2) is 0 Å².